The van der Waals surface area contributed by atoms with Gasteiger partial charge in [-0.25, -0.2) is 4.39 Å². The van der Waals surface area contributed by atoms with E-state index in [9.17, 15) is 4.39 Å². The van der Waals surface area contributed by atoms with E-state index in [0.717, 1.165) is 17.5 Å². The Balaban J connectivity index is 2.16. The van der Waals surface area contributed by atoms with Gasteiger partial charge in [-0.1, -0.05) is 31.2 Å². The van der Waals surface area contributed by atoms with Gasteiger partial charge >= 0.3 is 0 Å². The fraction of sp³-hybridized carbons (Fsp3) is 0.294. The highest BCUT2D eigenvalue weighted by Gasteiger charge is 2.09. The van der Waals surface area contributed by atoms with Crippen LogP contribution in [-0.2, 0) is 6.42 Å². The van der Waals surface area contributed by atoms with E-state index in [2.05, 4.69) is 0 Å². The van der Waals surface area contributed by atoms with Crippen LogP contribution in [0.3, 0.4) is 0 Å². The van der Waals surface area contributed by atoms with E-state index in [-0.39, 0.29) is 17.6 Å². The van der Waals surface area contributed by atoms with Crippen LogP contribution in [0.2, 0.25) is 0 Å². The van der Waals surface area contributed by atoms with Crippen LogP contribution in [0.25, 0.3) is 0 Å². The molecule has 0 saturated heterocycles. The first-order chi connectivity index (χ1) is 9.60. The Morgan fingerprint density at radius 2 is 1.90 bits per heavy atom. The fourth-order valence-electron chi connectivity index (χ4n) is 1.99. The lowest BCUT2D eigenvalue weighted by atomic mass is 10.0. The molecule has 0 fully saturated rings. The molecule has 0 spiro atoms. The lowest BCUT2D eigenvalue weighted by Gasteiger charge is -2.12. The molecule has 2 rings (SSSR count). The highest BCUT2D eigenvalue weighted by molar-refractivity contribution is 5.38. The first-order valence-electron chi connectivity index (χ1n) is 6.87. The van der Waals surface area contributed by atoms with E-state index in [4.69, 9.17) is 10.5 Å². The SMILES string of the molecule is CCC(N)Cc1ccc(Oc2ccccc2C)c(F)c1. The molecular weight excluding hydrogens is 253 g/mol. The molecule has 2 aromatic carbocycles. The van der Waals surface area contributed by atoms with Crippen LogP contribution < -0.4 is 10.5 Å². The van der Waals surface area contributed by atoms with Crippen LogP contribution in [0.5, 0.6) is 11.5 Å². The Hall–Kier alpha value is -1.87. The summed E-state index contributed by atoms with van der Waals surface area (Å²) in [6.07, 6.45) is 1.56. The summed E-state index contributed by atoms with van der Waals surface area (Å²) in [5, 5.41) is 0. The van der Waals surface area contributed by atoms with Crippen LogP contribution in [0.1, 0.15) is 24.5 Å². The second-order valence-electron chi connectivity index (χ2n) is 5.00. The second-order valence-corrected chi connectivity index (χ2v) is 5.00. The number of rotatable bonds is 5. The first kappa shape index (κ1) is 14.5. The number of benzene rings is 2. The average Bonchev–Trinajstić information content (AvgIpc) is 2.44. The third-order valence-electron chi connectivity index (χ3n) is 3.33. The molecule has 106 valence electrons. The molecule has 2 N–H and O–H groups in total. The average molecular weight is 273 g/mol. The van der Waals surface area contributed by atoms with Gasteiger partial charge in [0.15, 0.2) is 11.6 Å². The Kier molecular flexibility index (Phi) is 4.74. The lowest BCUT2D eigenvalue weighted by molar-refractivity contribution is 0.438. The van der Waals surface area contributed by atoms with Crippen molar-refractivity contribution in [2.24, 2.45) is 5.73 Å². The van der Waals surface area contributed by atoms with Gasteiger partial charge in [0.1, 0.15) is 5.75 Å². The third-order valence-corrected chi connectivity index (χ3v) is 3.33. The van der Waals surface area contributed by atoms with Gasteiger partial charge in [0.25, 0.3) is 0 Å². The van der Waals surface area contributed by atoms with Gasteiger partial charge in [-0.15, -0.1) is 0 Å². The maximum Gasteiger partial charge on any atom is 0.165 e. The van der Waals surface area contributed by atoms with E-state index < -0.39 is 0 Å². The molecule has 0 saturated carbocycles. The van der Waals surface area contributed by atoms with Gasteiger partial charge in [0.2, 0.25) is 0 Å². The van der Waals surface area contributed by atoms with Crippen molar-refractivity contribution in [2.75, 3.05) is 0 Å². The molecular formula is C17H20FNO. The molecule has 0 aliphatic rings. The minimum absolute atomic E-state index is 0.0672. The van der Waals surface area contributed by atoms with Gasteiger partial charge in [-0.2, -0.15) is 0 Å². The predicted molar refractivity (Wildman–Crippen MR) is 79.6 cm³/mol. The quantitative estimate of drug-likeness (QED) is 0.885. The van der Waals surface area contributed by atoms with Crippen LogP contribution in [0, 0.1) is 12.7 Å². The van der Waals surface area contributed by atoms with Crippen molar-refractivity contribution in [1.82, 2.24) is 0 Å². The summed E-state index contributed by atoms with van der Waals surface area (Å²) in [6.45, 7) is 3.96. The smallest absolute Gasteiger partial charge is 0.165 e. The standard InChI is InChI=1S/C17H20FNO/c1-3-14(19)10-13-8-9-17(15(18)11-13)20-16-7-5-4-6-12(16)2/h4-9,11,14H,3,10,19H2,1-2H3. The zero-order valence-corrected chi connectivity index (χ0v) is 11.9. The van der Waals surface area contributed by atoms with Gasteiger partial charge < -0.3 is 10.5 Å². The maximum atomic E-state index is 14.1. The number of nitrogens with two attached hydrogens (primary N) is 1. The Morgan fingerprint density at radius 3 is 2.55 bits per heavy atom. The van der Waals surface area contributed by atoms with E-state index in [1.54, 1.807) is 6.07 Å². The van der Waals surface area contributed by atoms with Crippen molar-refractivity contribution in [2.45, 2.75) is 32.7 Å². The molecule has 1 unspecified atom stereocenters. The Bertz CT molecular complexity index is 583. The molecule has 0 aliphatic carbocycles. The monoisotopic (exact) mass is 273 g/mol. The topological polar surface area (TPSA) is 35.2 Å². The zero-order valence-electron chi connectivity index (χ0n) is 11.9. The van der Waals surface area contributed by atoms with Crippen molar-refractivity contribution in [3.8, 4) is 11.5 Å². The fourth-order valence-corrected chi connectivity index (χ4v) is 1.99. The lowest BCUT2D eigenvalue weighted by Crippen LogP contribution is -2.21. The third kappa shape index (κ3) is 3.58. The van der Waals surface area contributed by atoms with E-state index in [1.165, 1.54) is 6.07 Å². The summed E-state index contributed by atoms with van der Waals surface area (Å²) < 4.78 is 19.7. The molecule has 0 aliphatic heterocycles. The molecule has 20 heavy (non-hydrogen) atoms. The summed E-state index contributed by atoms with van der Waals surface area (Å²) in [5.74, 6) is 0.562. The van der Waals surface area contributed by atoms with Crippen LogP contribution in [0.4, 0.5) is 4.39 Å². The van der Waals surface area contributed by atoms with Crippen LogP contribution in [0.15, 0.2) is 42.5 Å². The van der Waals surface area contributed by atoms with Crippen LogP contribution >= 0.6 is 0 Å². The predicted octanol–water partition coefficient (Wildman–Crippen LogP) is 4.21. The van der Waals surface area contributed by atoms with Gasteiger partial charge in [-0.3, -0.25) is 0 Å². The number of hydrogen-bond donors (Lipinski definition) is 1. The highest BCUT2D eigenvalue weighted by atomic mass is 19.1. The molecule has 2 nitrogen and oxygen atoms in total. The molecule has 0 bridgehead atoms. The van der Waals surface area contributed by atoms with Gasteiger partial charge in [-0.05, 0) is 49.1 Å². The summed E-state index contributed by atoms with van der Waals surface area (Å²) in [4.78, 5) is 0. The number of ether oxygens (including phenoxy) is 1. The summed E-state index contributed by atoms with van der Waals surface area (Å²) in [7, 11) is 0. The second kappa shape index (κ2) is 6.53. The molecule has 1 atom stereocenters. The van der Waals surface area contributed by atoms with E-state index >= 15 is 0 Å². The number of halogens is 1. The van der Waals surface area contributed by atoms with Crippen molar-refractivity contribution in [3.05, 3.63) is 59.4 Å². The first-order valence-corrected chi connectivity index (χ1v) is 6.87. The molecule has 0 amide bonds. The van der Waals surface area contributed by atoms with Crippen LogP contribution in [-0.4, -0.2) is 6.04 Å². The zero-order chi connectivity index (χ0) is 14.5. The number of hydrogen-bond acceptors (Lipinski definition) is 2. The molecule has 0 heterocycles. The van der Waals surface area contributed by atoms with E-state index in [1.807, 2.05) is 44.2 Å². The number of para-hydroxylation sites is 1. The molecule has 0 aromatic heterocycles. The Morgan fingerprint density at radius 1 is 1.15 bits per heavy atom. The highest BCUT2D eigenvalue weighted by Crippen LogP contribution is 2.27. The largest absolute Gasteiger partial charge is 0.454 e. The summed E-state index contributed by atoms with van der Waals surface area (Å²) >= 11 is 0. The van der Waals surface area contributed by atoms with Crippen molar-refractivity contribution < 1.29 is 9.13 Å². The molecule has 3 heteroatoms. The summed E-state index contributed by atoms with van der Waals surface area (Å²) in [6, 6.07) is 12.7. The number of aryl methyl sites for hydroxylation is 1. The van der Waals surface area contributed by atoms with Crippen molar-refractivity contribution in [3.63, 3.8) is 0 Å². The minimum atomic E-state index is -0.353. The van der Waals surface area contributed by atoms with Crippen molar-refractivity contribution >= 4 is 0 Å². The van der Waals surface area contributed by atoms with Gasteiger partial charge in [0.05, 0.1) is 0 Å². The van der Waals surface area contributed by atoms with Gasteiger partial charge in [0, 0.05) is 6.04 Å². The maximum absolute atomic E-state index is 14.1. The summed E-state index contributed by atoms with van der Waals surface area (Å²) in [5.41, 5.74) is 7.76. The Labute approximate surface area is 119 Å². The normalized spacial score (nSPS) is 12.2. The van der Waals surface area contributed by atoms with E-state index in [0.29, 0.717) is 12.2 Å². The molecule has 0 radical (unpaired) electrons. The minimum Gasteiger partial charge on any atom is -0.454 e. The van der Waals surface area contributed by atoms with Crippen molar-refractivity contribution in [1.29, 1.82) is 0 Å². The molecule has 2 aromatic rings.